The van der Waals surface area contributed by atoms with E-state index < -0.39 is 17.9 Å². The van der Waals surface area contributed by atoms with Gasteiger partial charge in [-0.15, -0.1) is 0 Å². The second-order valence-electron chi connectivity index (χ2n) is 7.96. The number of nitrogens with one attached hydrogen (secondary N) is 1. The number of piperidine rings is 1. The van der Waals surface area contributed by atoms with Crippen molar-refractivity contribution in [3.8, 4) is 0 Å². The first-order chi connectivity index (χ1) is 14.9. The maximum absolute atomic E-state index is 12.9. The summed E-state index contributed by atoms with van der Waals surface area (Å²) in [5, 5.41) is 16.4. The van der Waals surface area contributed by atoms with Crippen LogP contribution in [0.3, 0.4) is 0 Å². The molecule has 2 saturated heterocycles. The summed E-state index contributed by atoms with van der Waals surface area (Å²) in [6, 6.07) is 4.82. The van der Waals surface area contributed by atoms with E-state index in [1.807, 2.05) is 12.1 Å². The van der Waals surface area contributed by atoms with Crippen LogP contribution in [0.5, 0.6) is 0 Å². The van der Waals surface area contributed by atoms with Crippen LogP contribution in [-0.4, -0.2) is 70.3 Å². The van der Waals surface area contributed by atoms with Gasteiger partial charge in [0.15, 0.2) is 0 Å². The summed E-state index contributed by atoms with van der Waals surface area (Å²) in [4.78, 5) is 51.5. The number of rotatable bonds is 6. The van der Waals surface area contributed by atoms with Gasteiger partial charge in [0.1, 0.15) is 6.04 Å². The first-order valence-electron chi connectivity index (χ1n) is 10.5. The Morgan fingerprint density at radius 3 is 2.65 bits per heavy atom. The lowest BCUT2D eigenvalue weighted by molar-refractivity contribution is -0.138. The van der Waals surface area contributed by atoms with Gasteiger partial charge in [0.25, 0.3) is 11.5 Å². The second kappa shape index (κ2) is 8.84. The standard InChI is InChI=1S/C21H25N5O5/c27-18-6-5-17(20(30)23-18)26-21(31)16-4-3-15(12-14(16)13-22-26)25-10-8-24(9-11-25)7-1-2-19(28)29/h3-4,12-13,17H,1-2,5-11H2,(H,28,29)(H,23,27,30). The Hall–Kier alpha value is -3.27. The van der Waals surface area contributed by atoms with Crippen molar-refractivity contribution in [1.29, 1.82) is 0 Å². The largest absolute Gasteiger partial charge is 0.481 e. The van der Waals surface area contributed by atoms with Gasteiger partial charge >= 0.3 is 5.97 Å². The molecule has 0 spiro atoms. The summed E-state index contributed by atoms with van der Waals surface area (Å²) in [5.41, 5.74) is 0.652. The predicted molar refractivity (Wildman–Crippen MR) is 113 cm³/mol. The molecule has 1 atom stereocenters. The minimum atomic E-state index is -0.775. The van der Waals surface area contributed by atoms with Crippen molar-refractivity contribution in [1.82, 2.24) is 20.0 Å². The van der Waals surface area contributed by atoms with Gasteiger partial charge in [-0.2, -0.15) is 5.10 Å². The molecule has 2 N–H and O–H groups in total. The molecule has 10 nitrogen and oxygen atoms in total. The molecule has 2 fully saturated rings. The predicted octanol–water partition coefficient (Wildman–Crippen LogP) is 0.361. The van der Waals surface area contributed by atoms with Crippen LogP contribution in [0, 0.1) is 0 Å². The van der Waals surface area contributed by atoms with Gasteiger partial charge in [0.05, 0.1) is 11.6 Å². The van der Waals surface area contributed by atoms with E-state index in [0.717, 1.165) is 38.4 Å². The number of amides is 2. The highest BCUT2D eigenvalue weighted by Gasteiger charge is 2.30. The number of aliphatic carboxylic acids is 1. The minimum Gasteiger partial charge on any atom is -0.481 e. The molecule has 4 rings (SSSR count). The number of aromatic nitrogens is 2. The number of fused-ring (bicyclic) bond motifs is 1. The molecular weight excluding hydrogens is 402 g/mol. The van der Waals surface area contributed by atoms with Crippen molar-refractivity contribution in [3.63, 3.8) is 0 Å². The third-order valence-corrected chi connectivity index (χ3v) is 5.90. The molecule has 164 valence electrons. The van der Waals surface area contributed by atoms with E-state index in [-0.39, 0.29) is 30.7 Å². The average Bonchev–Trinajstić information content (AvgIpc) is 2.75. The minimum absolute atomic E-state index is 0.184. The summed E-state index contributed by atoms with van der Waals surface area (Å²) in [6.45, 7) is 4.13. The molecule has 2 aromatic rings. The Bertz CT molecular complexity index is 1070. The maximum Gasteiger partial charge on any atom is 0.303 e. The molecule has 0 bridgehead atoms. The Balaban J connectivity index is 1.46. The third kappa shape index (κ3) is 4.58. The summed E-state index contributed by atoms with van der Waals surface area (Å²) in [7, 11) is 0. The highest BCUT2D eigenvalue weighted by molar-refractivity contribution is 5.99. The molecule has 31 heavy (non-hydrogen) atoms. The van der Waals surface area contributed by atoms with Crippen molar-refractivity contribution < 1.29 is 19.5 Å². The zero-order valence-electron chi connectivity index (χ0n) is 17.1. The molecule has 2 aliphatic heterocycles. The first-order valence-corrected chi connectivity index (χ1v) is 10.5. The van der Waals surface area contributed by atoms with Gasteiger partial charge in [-0.25, -0.2) is 4.68 Å². The summed E-state index contributed by atoms with van der Waals surface area (Å²) < 4.78 is 1.17. The second-order valence-corrected chi connectivity index (χ2v) is 7.96. The van der Waals surface area contributed by atoms with E-state index in [1.54, 1.807) is 12.3 Å². The number of anilines is 1. The highest BCUT2D eigenvalue weighted by atomic mass is 16.4. The molecule has 1 aromatic carbocycles. The summed E-state index contributed by atoms with van der Waals surface area (Å²) >= 11 is 0. The molecule has 0 radical (unpaired) electrons. The summed E-state index contributed by atoms with van der Waals surface area (Å²) in [5.74, 6) is -1.59. The van der Waals surface area contributed by atoms with Crippen LogP contribution < -0.4 is 15.8 Å². The van der Waals surface area contributed by atoms with Gasteiger partial charge in [0, 0.05) is 50.1 Å². The van der Waals surface area contributed by atoms with Crippen molar-refractivity contribution in [2.24, 2.45) is 0 Å². The fourth-order valence-corrected chi connectivity index (χ4v) is 4.17. The van der Waals surface area contributed by atoms with E-state index in [4.69, 9.17) is 5.11 Å². The number of carbonyl (C=O) groups is 3. The monoisotopic (exact) mass is 427 g/mol. The smallest absolute Gasteiger partial charge is 0.303 e. The Morgan fingerprint density at radius 1 is 1.16 bits per heavy atom. The van der Waals surface area contributed by atoms with Gasteiger partial charge in [-0.3, -0.25) is 29.4 Å². The topological polar surface area (TPSA) is 125 Å². The molecule has 0 aliphatic carbocycles. The van der Waals surface area contributed by atoms with Crippen LogP contribution in [0.4, 0.5) is 5.69 Å². The lowest BCUT2D eigenvalue weighted by atomic mass is 10.1. The van der Waals surface area contributed by atoms with Crippen LogP contribution >= 0.6 is 0 Å². The number of hydrogen-bond donors (Lipinski definition) is 2. The molecule has 2 amide bonds. The van der Waals surface area contributed by atoms with E-state index >= 15 is 0 Å². The molecule has 1 aromatic heterocycles. The van der Waals surface area contributed by atoms with Crippen LogP contribution in [-0.2, 0) is 14.4 Å². The number of benzene rings is 1. The quantitative estimate of drug-likeness (QED) is 0.633. The van der Waals surface area contributed by atoms with Crippen LogP contribution in [0.15, 0.2) is 29.2 Å². The molecule has 0 saturated carbocycles. The zero-order valence-corrected chi connectivity index (χ0v) is 17.1. The van der Waals surface area contributed by atoms with Crippen LogP contribution in [0.1, 0.15) is 31.7 Å². The third-order valence-electron chi connectivity index (χ3n) is 5.90. The number of carboxylic acid groups (broad SMARTS) is 1. The highest BCUT2D eigenvalue weighted by Crippen LogP contribution is 2.23. The molecule has 1 unspecified atom stereocenters. The maximum atomic E-state index is 12.9. The van der Waals surface area contributed by atoms with Crippen molar-refractivity contribution in [2.45, 2.75) is 31.7 Å². The summed E-state index contributed by atoms with van der Waals surface area (Å²) in [6.07, 6.45) is 2.87. The molecule has 10 heteroatoms. The van der Waals surface area contributed by atoms with E-state index in [0.29, 0.717) is 17.2 Å². The molecular formula is C21H25N5O5. The number of nitrogens with zero attached hydrogens (tertiary/aromatic N) is 4. The lowest BCUT2D eigenvalue weighted by Gasteiger charge is -2.36. The van der Waals surface area contributed by atoms with E-state index in [9.17, 15) is 19.2 Å². The Morgan fingerprint density at radius 2 is 1.94 bits per heavy atom. The number of piperazine rings is 1. The number of carbonyl (C=O) groups excluding carboxylic acids is 2. The lowest BCUT2D eigenvalue weighted by Crippen LogP contribution is -2.46. The van der Waals surface area contributed by atoms with Gasteiger partial charge < -0.3 is 10.0 Å². The molecule has 2 aliphatic rings. The SMILES string of the molecule is O=C(O)CCCN1CCN(c2ccc3c(=O)n(C4CCC(=O)NC4=O)ncc3c2)CC1. The van der Waals surface area contributed by atoms with Crippen LogP contribution in [0.2, 0.25) is 0 Å². The normalized spacial score (nSPS) is 20.1. The van der Waals surface area contributed by atoms with Crippen molar-refractivity contribution >= 4 is 34.2 Å². The van der Waals surface area contributed by atoms with E-state index in [1.165, 1.54) is 4.68 Å². The number of hydrogen-bond acceptors (Lipinski definition) is 7. The van der Waals surface area contributed by atoms with Gasteiger partial charge in [-0.05, 0) is 37.6 Å². The Labute approximate surface area is 178 Å². The average molecular weight is 427 g/mol. The zero-order chi connectivity index (χ0) is 22.0. The van der Waals surface area contributed by atoms with Crippen molar-refractivity contribution in [2.75, 3.05) is 37.6 Å². The molecule has 3 heterocycles. The number of carboxylic acids is 1. The Kier molecular flexibility index (Phi) is 5.99. The number of imide groups is 1. The fourth-order valence-electron chi connectivity index (χ4n) is 4.17. The fraction of sp³-hybridized carbons (Fsp3) is 0.476. The van der Waals surface area contributed by atoms with Gasteiger partial charge in [-0.1, -0.05) is 0 Å². The first kappa shape index (κ1) is 21.0. The van der Waals surface area contributed by atoms with Gasteiger partial charge in [0.2, 0.25) is 5.91 Å². The van der Waals surface area contributed by atoms with Crippen molar-refractivity contribution in [3.05, 3.63) is 34.7 Å². The van der Waals surface area contributed by atoms with Crippen LogP contribution in [0.25, 0.3) is 10.8 Å². The van der Waals surface area contributed by atoms with E-state index in [2.05, 4.69) is 20.2 Å².